The number of amides is 2. The molecule has 0 aliphatic rings. The second-order valence-corrected chi connectivity index (χ2v) is 4.30. The van der Waals surface area contributed by atoms with Crippen molar-refractivity contribution in [3.05, 3.63) is 30.2 Å². The van der Waals surface area contributed by atoms with Crippen LogP contribution in [0.5, 0.6) is 0 Å². The lowest BCUT2D eigenvalue weighted by molar-refractivity contribution is -0.116. The van der Waals surface area contributed by atoms with E-state index >= 15 is 0 Å². The zero-order valence-corrected chi connectivity index (χ0v) is 10.8. The van der Waals surface area contributed by atoms with Crippen LogP contribution in [0.3, 0.4) is 0 Å². The summed E-state index contributed by atoms with van der Waals surface area (Å²) < 4.78 is 5.36. The van der Waals surface area contributed by atoms with Crippen molar-refractivity contribution < 1.29 is 14.0 Å². The van der Waals surface area contributed by atoms with Crippen LogP contribution in [0.15, 0.2) is 28.7 Å². The van der Waals surface area contributed by atoms with E-state index < -0.39 is 5.91 Å². The van der Waals surface area contributed by atoms with Crippen LogP contribution in [0, 0.1) is 0 Å². The number of hydrogen-bond donors (Lipinski definition) is 0. The summed E-state index contributed by atoms with van der Waals surface area (Å²) in [4.78, 5) is 28.2. The first-order valence-electron chi connectivity index (χ1n) is 6.38. The Hall–Kier alpha value is -2.17. The maximum atomic E-state index is 12.1. The molecule has 0 radical (unpaired) electrons. The summed E-state index contributed by atoms with van der Waals surface area (Å²) in [5.74, 6) is -0.521. The monoisotopic (exact) mass is 260 g/mol. The van der Waals surface area contributed by atoms with Gasteiger partial charge in [0.25, 0.3) is 5.89 Å². The van der Waals surface area contributed by atoms with E-state index in [9.17, 15) is 9.59 Å². The lowest BCUT2D eigenvalue weighted by atomic mass is 10.2. The maximum absolute atomic E-state index is 12.1. The number of imide groups is 1. The van der Waals surface area contributed by atoms with Crippen molar-refractivity contribution in [3.63, 3.8) is 0 Å². The number of unbranched alkanes of at least 4 members (excludes halogenated alkanes) is 2. The minimum atomic E-state index is -0.484. The summed E-state index contributed by atoms with van der Waals surface area (Å²) >= 11 is 0. The second-order valence-electron chi connectivity index (χ2n) is 4.30. The molecule has 0 atom stereocenters. The van der Waals surface area contributed by atoms with Gasteiger partial charge in [-0.05, 0) is 18.6 Å². The van der Waals surface area contributed by atoms with Crippen LogP contribution < -0.4 is 0 Å². The van der Waals surface area contributed by atoms with Crippen molar-refractivity contribution in [1.82, 2.24) is 9.88 Å². The highest BCUT2D eigenvalue weighted by Crippen LogP contribution is 2.15. The number of aromatic nitrogens is 1. The average Bonchev–Trinajstić information content (AvgIpc) is 2.87. The summed E-state index contributed by atoms with van der Waals surface area (Å²) in [6.07, 6.45) is 3.34. The van der Waals surface area contributed by atoms with E-state index in [0.717, 1.165) is 24.2 Å². The molecule has 100 valence electrons. The van der Waals surface area contributed by atoms with Gasteiger partial charge in [0.2, 0.25) is 6.41 Å². The molecule has 0 aliphatic carbocycles. The molecule has 5 heteroatoms. The molecular formula is C14H16N2O3. The minimum absolute atomic E-state index is 0.0372. The largest absolute Gasteiger partial charge is 0.432 e. The molecule has 0 saturated heterocycles. The molecule has 1 heterocycles. The van der Waals surface area contributed by atoms with E-state index in [-0.39, 0.29) is 5.89 Å². The van der Waals surface area contributed by atoms with Gasteiger partial charge in [-0.2, -0.15) is 0 Å². The Kier molecular flexibility index (Phi) is 4.28. The molecule has 2 aromatic rings. The Morgan fingerprint density at radius 2 is 2.16 bits per heavy atom. The number of carbonyl (C=O) groups is 2. The lowest BCUT2D eigenvalue weighted by Crippen LogP contribution is -2.30. The lowest BCUT2D eigenvalue weighted by Gasteiger charge is -2.12. The Bertz CT molecular complexity index is 544. The van der Waals surface area contributed by atoms with Gasteiger partial charge < -0.3 is 4.42 Å². The Balaban J connectivity index is 2.14. The van der Waals surface area contributed by atoms with Crippen LogP contribution in [0.4, 0.5) is 0 Å². The molecule has 0 aliphatic heterocycles. The number of hydrogen-bond acceptors (Lipinski definition) is 4. The number of para-hydroxylation sites is 2. The number of fused-ring (bicyclic) bond motifs is 1. The Morgan fingerprint density at radius 3 is 2.84 bits per heavy atom. The fraction of sp³-hybridized carbons (Fsp3) is 0.357. The third kappa shape index (κ3) is 2.99. The van der Waals surface area contributed by atoms with E-state index in [4.69, 9.17) is 4.42 Å². The number of oxazole rings is 1. The fourth-order valence-corrected chi connectivity index (χ4v) is 1.82. The highest BCUT2D eigenvalue weighted by atomic mass is 16.4. The van der Waals surface area contributed by atoms with Crippen molar-refractivity contribution in [2.75, 3.05) is 6.54 Å². The molecule has 0 saturated carbocycles. The first-order valence-corrected chi connectivity index (χ1v) is 6.38. The zero-order valence-electron chi connectivity index (χ0n) is 10.8. The predicted octanol–water partition coefficient (Wildman–Crippen LogP) is 2.62. The van der Waals surface area contributed by atoms with E-state index in [1.54, 1.807) is 18.2 Å². The van der Waals surface area contributed by atoms with Gasteiger partial charge in [-0.25, -0.2) is 4.98 Å². The van der Waals surface area contributed by atoms with Crippen molar-refractivity contribution in [3.8, 4) is 0 Å². The van der Waals surface area contributed by atoms with Gasteiger partial charge >= 0.3 is 5.91 Å². The van der Waals surface area contributed by atoms with Gasteiger partial charge in [0, 0.05) is 6.54 Å². The van der Waals surface area contributed by atoms with Gasteiger partial charge in [0.15, 0.2) is 5.58 Å². The maximum Gasteiger partial charge on any atom is 0.316 e. The van der Waals surface area contributed by atoms with Crippen molar-refractivity contribution in [2.45, 2.75) is 26.2 Å². The summed E-state index contributed by atoms with van der Waals surface area (Å²) in [6.45, 7) is 2.46. The van der Waals surface area contributed by atoms with Crippen LogP contribution in [0.2, 0.25) is 0 Å². The van der Waals surface area contributed by atoms with E-state index in [1.165, 1.54) is 0 Å². The normalized spacial score (nSPS) is 10.6. The quantitative estimate of drug-likeness (QED) is 0.591. The van der Waals surface area contributed by atoms with Crippen LogP contribution in [-0.2, 0) is 4.79 Å². The summed E-state index contributed by atoms with van der Waals surface area (Å²) in [5, 5.41) is 0. The zero-order chi connectivity index (χ0) is 13.7. The topological polar surface area (TPSA) is 63.4 Å². The van der Waals surface area contributed by atoms with Crippen molar-refractivity contribution in [2.24, 2.45) is 0 Å². The highest BCUT2D eigenvalue weighted by molar-refractivity contribution is 5.97. The molecule has 1 aromatic heterocycles. The van der Waals surface area contributed by atoms with Crippen LogP contribution >= 0.6 is 0 Å². The molecule has 0 N–H and O–H groups in total. The predicted molar refractivity (Wildman–Crippen MR) is 70.6 cm³/mol. The molecule has 0 unspecified atom stereocenters. The molecule has 0 fully saturated rings. The van der Waals surface area contributed by atoms with Gasteiger partial charge in [0.1, 0.15) is 5.52 Å². The van der Waals surface area contributed by atoms with E-state index in [2.05, 4.69) is 11.9 Å². The molecule has 1 aromatic carbocycles. The summed E-state index contributed by atoms with van der Waals surface area (Å²) in [6, 6.07) is 7.12. The average molecular weight is 260 g/mol. The number of nitrogens with zero attached hydrogens (tertiary/aromatic N) is 2. The standard InChI is InChI=1S/C14H16N2O3/c1-2-3-6-9-16(10-17)14(18)13-15-11-7-4-5-8-12(11)19-13/h4-5,7-8,10H,2-3,6,9H2,1H3. The Morgan fingerprint density at radius 1 is 1.37 bits per heavy atom. The third-order valence-electron chi connectivity index (χ3n) is 2.87. The van der Waals surface area contributed by atoms with Crippen LogP contribution in [0.1, 0.15) is 36.9 Å². The van der Waals surface area contributed by atoms with E-state index in [0.29, 0.717) is 24.1 Å². The highest BCUT2D eigenvalue weighted by Gasteiger charge is 2.20. The molecule has 0 bridgehead atoms. The number of rotatable bonds is 6. The molecular weight excluding hydrogens is 244 g/mol. The summed E-state index contributed by atoms with van der Waals surface area (Å²) in [5.41, 5.74) is 1.16. The van der Waals surface area contributed by atoms with Crippen LogP contribution in [-0.4, -0.2) is 28.7 Å². The van der Waals surface area contributed by atoms with Crippen molar-refractivity contribution >= 4 is 23.4 Å². The fourth-order valence-electron chi connectivity index (χ4n) is 1.82. The molecule has 2 amide bonds. The molecule has 0 spiro atoms. The Labute approximate surface area is 111 Å². The number of benzene rings is 1. The van der Waals surface area contributed by atoms with Gasteiger partial charge in [0.05, 0.1) is 0 Å². The molecule has 19 heavy (non-hydrogen) atoms. The van der Waals surface area contributed by atoms with Crippen LogP contribution in [0.25, 0.3) is 11.1 Å². The van der Waals surface area contributed by atoms with Gasteiger partial charge in [-0.3, -0.25) is 14.5 Å². The molecule has 5 nitrogen and oxygen atoms in total. The van der Waals surface area contributed by atoms with Crippen molar-refractivity contribution in [1.29, 1.82) is 0 Å². The van der Waals surface area contributed by atoms with E-state index in [1.807, 2.05) is 6.07 Å². The first-order chi connectivity index (χ1) is 9.26. The third-order valence-corrected chi connectivity index (χ3v) is 2.87. The SMILES string of the molecule is CCCCCN(C=O)C(=O)c1nc2ccccc2o1. The smallest absolute Gasteiger partial charge is 0.316 e. The number of carbonyl (C=O) groups excluding carboxylic acids is 2. The molecule has 2 rings (SSSR count). The van der Waals surface area contributed by atoms with Gasteiger partial charge in [-0.1, -0.05) is 31.9 Å². The van der Waals surface area contributed by atoms with Gasteiger partial charge in [-0.15, -0.1) is 0 Å². The first kappa shape index (κ1) is 13.3. The second kappa shape index (κ2) is 6.13. The summed E-state index contributed by atoms with van der Waals surface area (Å²) in [7, 11) is 0. The minimum Gasteiger partial charge on any atom is -0.432 e.